The van der Waals surface area contributed by atoms with E-state index in [2.05, 4.69) is 46.2 Å². The maximum absolute atomic E-state index is 12.1. The van der Waals surface area contributed by atoms with Gasteiger partial charge in [0.05, 0.1) is 11.8 Å². The fourth-order valence-electron chi connectivity index (χ4n) is 1.98. The Morgan fingerprint density at radius 2 is 1.83 bits per heavy atom. The summed E-state index contributed by atoms with van der Waals surface area (Å²) in [5.74, 6) is 0.157. The van der Waals surface area contributed by atoms with Crippen LogP contribution >= 0.6 is 11.8 Å². The van der Waals surface area contributed by atoms with Gasteiger partial charge >= 0.3 is 0 Å². The number of hydrogen-bond donors (Lipinski definition) is 3. The number of anilines is 2. The van der Waals surface area contributed by atoms with Crippen molar-refractivity contribution in [3.63, 3.8) is 0 Å². The van der Waals surface area contributed by atoms with Crippen LogP contribution in [-0.2, 0) is 4.79 Å². The smallest absolute Gasteiger partial charge is 0.230 e. The Hall–Kier alpha value is -2.35. The number of benzene rings is 1. The van der Waals surface area contributed by atoms with E-state index >= 15 is 0 Å². The van der Waals surface area contributed by atoms with E-state index in [0.29, 0.717) is 5.16 Å². The summed E-state index contributed by atoms with van der Waals surface area (Å²) in [7, 11) is 0. The molecule has 7 nitrogen and oxygen atoms in total. The van der Waals surface area contributed by atoms with Crippen molar-refractivity contribution in [3.8, 4) is 0 Å². The zero-order chi connectivity index (χ0) is 17.0. The van der Waals surface area contributed by atoms with Crippen molar-refractivity contribution in [2.24, 2.45) is 0 Å². The van der Waals surface area contributed by atoms with Crippen molar-refractivity contribution in [1.82, 2.24) is 20.3 Å². The molecule has 0 aliphatic rings. The van der Waals surface area contributed by atoms with Gasteiger partial charge in [-0.2, -0.15) is 15.0 Å². The van der Waals surface area contributed by atoms with E-state index in [1.807, 2.05) is 13.0 Å². The second-order valence-electron chi connectivity index (χ2n) is 5.26. The maximum atomic E-state index is 12.1. The number of thioether (sulfide) groups is 1. The first-order valence-electron chi connectivity index (χ1n) is 7.11. The monoisotopic (exact) mass is 332 g/mol. The first-order chi connectivity index (χ1) is 10.8. The number of aromatic nitrogens is 3. The molecule has 122 valence electrons. The molecule has 1 amide bonds. The molecule has 0 radical (unpaired) electrons. The summed E-state index contributed by atoms with van der Waals surface area (Å²) >= 11 is 1.17. The van der Waals surface area contributed by atoms with E-state index in [1.165, 1.54) is 22.9 Å². The summed E-state index contributed by atoms with van der Waals surface area (Å²) in [6.07, 6.45) is 0. The molecule has 23 heavy (non-hydrogen) atoms. The lowest BCUT2D eigenvalue weighted by atomic mass is 10.0. The van der Waals surface area contributed by atoms with Crippen LogP contribution in [0.15, 0.2) is 23.4 Å². The Bertz CT molecular complexity index is 701. The highest BCUT2D eigenvalue weighted by Gasteiger charge is 2.12. The van der Waals surface area contributed by atoms with E-state index < -0.39 is 0 Å². The second-order valence-corrected chi connectivity index (χ2v) is 6.20. The van der Waals surface area contributed by atoms with E-state index in [9.17, 15) is 4.79 Å². The molecule has 2 rings (SSSR count). The summed E-state index contributed by atoms with van der Waals surface area (Å²) in [4.78, 5) is 23.6. The van der Waals surface area contributed by atoms with Gasteiger partial charge in [0.15, 0.2) is 5.16 Å². The molecule has 0 saturated carbocycles. The minimum absolute atomic E-state index is 0.0453. The van der Waals surface area contributed by atoms with Gasteiger partial charge in [-0.15, -0.1) is 0 Å². The lowest BCUT2D eigenvalue weighted by molar-refractivity contribution is -0.119. The molecule has 0 aliphatic carbocycles. The van der Waals surface area contributed by atoms with Crippen molar-refractivity contribution in [2.45, 2.75) is 32.0 Å². The van der Waals surface area contributed by atoms with Crippen molar-refractivity contribution in [2.75, 3.05) is 17.2 Å². The number of carbonyl (C=O) groups excluding carboxylic acids is 1. The molecule has 0 fully saturated rings. The Kier molecular flexibility index (Phi) is 5.38. The Morgan fingerprint density at radius 1 is 1.17 bits per heavy atom. The molecule has 1 atom stereocenters. The van der Waals surface area contributed by atoms with Crippen LogP contribution in [0.25, 0.3) is 0 Å². The topological polar surface area (TPSA) is 120 Å². The quantitative estimate of drug-likeness (QED) is 0.712. The predicted molar refractivity (Wildman–Crippen MR) is 91.8 cm³/mol. The van der Waals surface area contributed by atoms with Gasteiger partial charge in [0.25, 0.3) is 0 Å². The number of rotatable bonds is 5. The molecule has 0 aliphatic heterocycles. The van der Waals surface area contributed by atoms with E-state index in [1.54, 1.807) is 0 Å². The fourth-order valence-corrected chi connectivity index (χ4v) is 2.64. The Labute approximate surface area is 139 Å². The lowest BCUT2D eigenvalue weighted by Crippen LogP contribution is -2.28. The molecular weight excluding hydrogens is 312 g/mol. The molecule has 0 saturated heterocycles. The van der Waals surface area contributed by atoms with Crippen molar-refractivity contribution < 1.29 is 4.79 Å². The SMILES string of the molecule is Cc1ccc(C(C)NC(=O)CSc2nc(N)nc(N)n2)cc1C. The van der Waals surface area contributed by atoms with Gasteiger partial charge in [-0.1, -0.05) is 30.0 Å². The van der Waals surface area contributed by atoms with Gasteiger partial charge in [-0.3, -0.25) is 4.79 Å². The second kappa shape index (κ2) is 7.28. The number of aryl methyl sites for hydroxylation is 2. The molecule has 0 spiro atoms. The van der Waals surface area contributed by atoms with E-state index in [4.69, 9.17) is 11.5 Å². The molecule has 1 heterocycles. The van der Waals surface area contributed by atoms with Crippen LogP contribution in [0.5, 0.6) is 0 Å². The van der Waals surface area contributed by atoms with Gasteiger partial charge in [0, 0.05) is 0 Å². The van der Waals surface area contributed by atoms with Gasteiger partial charge in [0.2, 0.25) is 17.8 Å². The summed E-state index contributed by atoms with van der Waals surface area (Å²) in [6.45, 7) is 6.07. The molecule has 1 unspecified atom stereocenters. The third-order valence-electron chi connectivity index (χ3n) is 3.39. The summed E-state index contributed by atoms with van der Waals surface area (Å²) < 4.78 is 0. The van der Waals surface area contributed by atoms with Crippen molar-refractivity contribution in [1.29, 1.82) is 0 Å². The average molecular weight is 332 g/mol. The van der Waals surface area contributed by atoms with Crippen molar-refractivity contribution >= 4 is 29.6 Å². The zero-order valence-corrected chi connectivity index (χ0v) is 14.1. The standard InChI is InChI=1S/C15H20N6OS/c1-8-4-5-11(6-9(8)2)10(3)18-12(22)7-23-15-20-13(16)19-14(17)21-15/h4-6,10H,7H2,1-3H3,(H,18,22)(H4,16,17,19,20,21). The van der Waals surface area contributed by atoms with Crippen LogP contribution < -0.4 is 16.8 Å². The van der Waals surface area contributed by atoms with Crippen LogP contribution in [0.3, 0.4) is 0 Å². The molecular formula is C15H20N6OS. The van der Waals surface area contributed by atoms with Gasteiger partial charge < -0.3 is 16.8 Å². The number of amides is 1. The first-order valence-corrected chi connectivity index (χ1v) is 8.10. The number of nitrogens with zero attached hydrogens (tertiary/aromatic N) is 3. The van der Waals surface area contributed by atoms with Gasteiger partial charge in [-0.05, 0) is 37.5 Å². The number of hydrogen-bond acceptors (Lipinski definition) is 7. The minimum atomic E-state index is -0.113. The highest BCUT2D eigenvalue weighted by molar-refractivity contribution is 7.99. The van der Waals surface area contributed by atoms with Crippen LogP contribution in [-0.4, -0.2) is 26.6 Å². The molecule has 5 N–H and O–H groups in total. The highest BCUT2D eigenvalue weighted by Crippen LogP contribution is 2.18. The fraction of sp³-hybridized carbons (Fsp3) is 0.333. The zero-order valence-electron chi connectivity index (χ0n) is 13.3. The lowest BCUT2D eigenvalue weighted by Gasteiger charge is -2.15. The Balaban J connectivity index is 1.92. The third kappa shape index (κ3) is 4.82. The molecule has 2 aromatic rings. The first kappa shape index (κ1) is 17.0. The van der Waals surface area contributed by atoms with Crippen LogP contribution in [0.4, 0.5) is 11.9 Å². The number of nitrogen functional groups attached to an aromatic ring is 2. The van der Waals surface area contributed by atoms with Gasteiger partial charge in [0.1, 0.15) is 0 Å². The van der Waals surface area contributed by atoms with Gasteiger partial charge in [-0.25, -0.2) is 0 Å². The highest BCUT2D eigenvalue weighted by atomic mass is 32.2. The summed E-state index contributed by atoms with van der Waals surface area (Å²) in [6, 6.07) is 6.09. The predicted octanol–water partition coefficient (Wildman–Crippen LogP) is 1.62. The minimum Gasteiger partial charge on any atom is -0.368 e. The molecule has 0 bridgehead atoms. The van der Waals surface area contributed by atoms with Crippen molar-refractivity contribution in [3.05, 3.63) is 34.9 Å². The Morgan fingerprint density at radius 3 is 2.43 bits per heavy atom. The molecule has 1 aromatic heterocycles. The van der Waals surface area contributed by atoms with Crippen LogP contribution in [0.1, 0.15) is 29.7 Å². The van der Waals surface area contributed by atoms with E-state index in [0.717, 1.165) is 5.56 Å². The maximum Gasteiger partial charge on any atom is 0.230 e. The van der Waals surface area contributed by atoms with Crippen LogP contribution in [0.2, 0.25) is 0 Å². The average Bonchev–Trinajstić information content (AvgIpc) is 2.47. The number of carbonyl (C=O) groups is 1. The summed E-state index contributed by atoms with van der Waals surface area (Å²) in [5, 5.41) is 3.29. The number of nitrogens with two attached hydrogens (primary N) is 2. The largest absolute Gasteiger partial charge is 0.368 e. The molecule has 1 aromatic carbocycles. The van der Waals surface area contributed by atoms with Crippen LogP contribution in [0, 0.1) is 13.8 Å². The number of nitrogens with one attached hydrogen (secondary N) is 1. The van der Waals surface area contributed by atoms with E-state index in [-0.39, 0.29) is 29.6 Å². The normalized spacial score (nSPS) is 12.0. The molecule has 8 heteroatoms. The third-order valence-corrected chi connectivity index (χ3v) is 4.24. The summed E-state index contributed by atoms with van der Waals surface area (Å²) in [5.41, 5.74) is 14.5.